The maximum absolute atomic E-state index is 11.0. The first-order valence-corrected chi connectivity index (χ1v) is 8.52. The van der Waals surface area contributed by atoms with E-state index in [9.17, 15) is 5.11 Å². The van der Waals surface area contributed by atoms with Crippen LogP contribution in [0.3, 0.4) is 0 Å². The Balaban J connectivity index is 2.09. The van der Waals surface area contributed by atoms with Gasteiger partial charge in [-0.1, -0.05) is 25.4 Å². The molecule has 1 aromatic heterocycles. The van der Waals surface area contributed by atoms with Gasteiger partial charge >= 0.3 is 0 Å². The fourth-order valence-electron chi connectivity index (χ4n) is 3.27. The van der Waals surface area contributed by atoms with Crippen molar-refractivity contribution in [2.45, 2.75) is 58.0 Å². The summed E-state index contributed by atoms with van der Waals surface area (Å²) in [4.78, 5) is 2.46. The minimum Gasteiger partial charge on any atom is -0.389 e. The second kappa shape index (κ2) is 7.12. The summed E-state index contributed by atoms with van der Waals surface area (Å²) in [6.45, 7) is 7.46. The van der Waals surface area contributed by atoms with Crippen LogP contribution < -0.4 is 0 Å². The molecular weight excluding hydrogens is 286 g/mol. The van der Waals surface area contributed by atoms with E-state index in [2.05, 4.69) is 23.8 Å². The molecule has 1 unspecified atom stereocenters. The first-order chi connectivity index (χ1) is 9.99. The average molecular weight is 314 g/mol. The van der Waals surface area contributed by atoms with E-state index in [0.29, 0.717) is 6.42 Å². The molecule has 0 spiro atoms. The van der Waals surface area contributed by atoms with E-state index in [0.717, 1.165) is 61.7 Å². The molecule has 21 heavy (non-hydrogen) atoms. The van der Waals surface area contributed by atoms with Crippen molar-refractivity contribution in [3.8, 4) is 0 Å². The lowest BCUT2D eigenvalue weighted by atomic mass is 9.89. The van der Waals surface area contributed by atoms with E-state index in [4.69, 9.17) is 11.6 Å². The van der Waals surface area contributed by atoms with Crippen molar-refractivity contribution in [1.29, 1.82) is 0 Å². The molecule has 1 aliphatic rings. The summed E-state index contributed by atoms with van der Waals surface area (Å²) in [5.74, 6) is 0. The van der Waals surface area contributed by atoms with Gasteiger partial charge < -0.3 is 10.0 Å². The van der Waals surface area contributed by atoms with Gasteiger partial charge in [-0.25, -0.2) is 0 Å². The summed E-state index contributed by atoms with van der Waals surface area (Å²) in [7, 11) is 1.92. The van der Waals surface area contributed by atoms with E-state index in [-0.39, 0.29) is 0 Å². The molecule has 1 fully saturated rings. The van der Waals surface area contributed by atoms with Gasteiger partial charge in [0.2, 0.25) is 0 Å². The SMILES string of the molecule is CCCN1CCCC(O)(Cc2c(Cl)c(CC)nn2C)CC1. The van der Waals surface area contributed by atoms with Gasteiger partial charge in [-0.2, -0.15) is 5.10 Å². The van der Waals surface area contributed by atoms with Crippen molar-refractivity contribution < 1.29 is 5.11 Å². The molecule has 1 aliphatic heterocycles. The number of aromatic nitrogens is 2. The zero-order valence-electron chi connectivity index (χ0n) is 13.5. The monoisotopic (exact) mass is 313 g/mol. The lowest BCUT2D eigenvalue weighted by Crippen LogP contribution is -2.34. The Morgan fingerprint density at radius 3 is 2.67 bits per heavy atom. The van der Waals surface area contributed by atoms with Crippen LogP contribution in [0.5, 0.6) is 0 Å². The summed E-state index contributed by atoms with van der Waals surface area (Å²) < 4.78 is 1.84. The number of aryl methyl sites for hydroxylation is 2. The van der Waals surface area contributed by atoms with Gasteiger partial charge in [0.05, 0.1) is 22.0 Å². The van der Waals surface area contributed by atoms with Gasteiger partial charge in [0.15, 0.2) is 0 Å². The second-order valence-corrected chi connectivity index (χ2v) is 6.66. The second-order valence-electron chi connectivity index (χ2n) is 6.28. The van der Waals surface area contributed by atoms with Crippen molar-refractivity contribution in [2.24, 2.45) is 7.05 Å². The smallest absolute Gasteiger partial charge is 0.0850 e. The molecular formula is C16H28ClN3O. The predicted molar refractivity (Wildman–Crippen MR) is 86.8 cm³/mol. The Bertz CT molecular complexity index is 474. The molecule has 1 N–H and O–H groups in total. The number of likely N-dealkylation sites (tertiary alicyclic amines) is 1. The van der Waals surface area contributed by atoms with E-state index < -0.39 is 5.60 Å². The van der Waals surface area contributed by atoms with Crippen LogP contribution in [-0.4, -0.2) is 45.0 Å². The van der Waals surface area contributed by atoms with Crippen molar-refractivity contribution in [3.63, 3.8) is 0 Å². The van der Waals surface area contributed by atoms with Crippen molar-refractivity contribution in [3.05, 3.63) is 16.4 Å². The van der Waals surface area contributed by atoms with Crippen LogP contribution in [0.4, 0.5) is 0 Å². The zero-order valence-corrected chi connectivity index (χ0v) is 14.3. The summed E-state index contributed by atoms with van der Waals surface area (Å²) in [6, 6.07) is 0. The molecule has 0 saturated carbocycles. The molecule has 1 saturated heterocycles. The predicted octanol–water partition coefficient (Wildman–Crippen LogP) is 2.81. The quantitative estimate of drug-likeness (QED) is 0.909. The van der Waals surface area contributed by atoms with Gasteiger partial charge in [0, 0.05) is 20.0 Å². The van der Waals surface area contributed by atoms with Crippen LogP contribution in [0.15, 0.2) is 0 Å². The first-order valence-electron chi connectivity index (χ1n) is 8.14. The lowest BCUT2D eigenvalue weighted by Gasteiger charge is -2.27. The number of rotatable bonds is 5. The van der Waals surface area contributed by atoms with Crippen LogP contribution in [0.1, 0.15) is 50.9 Å². The molecule has 0 radical (unpaired) electrons. The summed E-state index contributed by atoms with van der Waals surface area (Å²) in [5, 5.41) is 16.2. The van der Waals surface area contributed by atoms with Crippen LogP contribution in [0.2, 0.25) is 5.02 Å². The largest absolute Gasteiger partial charge is 0.389 e. The van der Waals surface area contributed by atoms with Gasteiger partial charge in [0.1, 0.15) is 0 Å². The molecule has 0 amide bonds. The number of hydrogen-bond acceptors (Lipinski definition) is 3. The summed E-state index contributed by atoms with van der Waals surface area (Å²) in [5.41, 5.74) is 1.25. The number of nitrogens with zero attached hydrogens (tertiary/aromatic N) is 3. The standard InChI is InChI=1S/C16H28ClN3O/c1-4-9-20-10-6-7-16(21,8-11-20)12-14-15(17)13(5-2)18-19(14)3/h21H,4-12H2,1-3H3. The van der Waals surface area contributed by atoms with Gasteiger partial charge in [-0.3, -0.25) is 4.68 Å². The Morgan fingerprint density at radius 1 is 1.29 bits per heavy atom. The third-order valence-electron chi connectivity index (χ3n) is 4.55. The number of halogens is 1. The van der Waals surface area contributed by atoms with Crippen LogP contribution >= 0.6 is 11.6 Å². The van der Waals surface area contributed by atoms with E-state index >= 15 is 0 Å². The summed E-state index contributed by atoms with van der Waals surface area (Å²) in [6.07, 6.45) is 5.31. The lowest BCUT2D eigenvalue weighted by molar-refractivity contribution is 0.0240. The molecule has 0 aliphatic carbocycles. The number of hydrogen-bond donors (Lipinski definition) is 1. The number of aliphatic hydroxyl groups is 1. The molecule has 5 heteroatoms. The highest BCUT2D eigenvalue weighted by Crippen LogP contribution is 2.30. The van der Waals surface area contributed by atoms with Crippen molar-refractivity contribution in [1.82, 2.24) is 14.7 Å². The van der Waals surface area contributed by atoms with Crippen LogP contribution in [0.25, 0.3) is 0 Å². The minimum absolute atomic E-state index is 0.606. The molecule has 0 aromatic carbocycles. The Hall–Kier alpha value is -0.580. The van der Waals surface area contributed by atoms with Crippen LogP contribution in [0, 0.1) is 0 Å². The van der Waals surface area contributed by atoms with Crippen LogP contribution in [-0.2, 0) is 19.9 Å². The highest BCUT2D eigenvalue weighted by Gasteiger charge is 2.32. The Morgan fingerprint density at radius 2 is 2.05 bits per heavy atom. The van der Waals surface area contributed by atoms with Gasteiger partial charge in [-0.05, 0) is 45.2 Å². The van der Waals surface area contributed by atoms with Crippen molar-refractivity contribution >= 4 is 11.6 Å². The first kappa shape index (κ1) is 16.8. The Labute approximate surface area is 133 Å². The molecule has 120 valence electrons. The molecule has 1 atom stereocenters. The molecule has 4 nitrogen and oxygen atoms in total. The maximum atomic E-state index is 11.0. The van der Waals surface area contributed by atoms with Gasteiger partial charge in [-0.15, -0.1) is 0 Å². The minimum atomic E-state index is -0.648. The Kier molecular flexibility index (Phi) is 5.69. The molecule has 0 bridgehead atoms. The molecule has 2 rings (SSSR count). The third-order valence-corrected chi connectivity index (χ3v) is 4.99. The normalized spacial score (nSPS) is 24.2. The highest BCUT2D eigenvalue weighted by molar-refractivity contribution is 6.31. The average Bonchev–Trinajstić information content (AvgIpc) is 2.62. The fraction of sp³-hybridized carbons (Fsp3) is 0.812. The highest BCUT2D eigenvalue weighted by atomic mass is 35.5. The fourth-order valence-corrected chi connectivity index (χ4v) is 3.64. The van der Waals surface area contributed by atoms with E-state index in [1.165, 1.54) is 6.42 Å². The molecule has 1 aromatic rings. The maximum Gasteiger partial charge on any atom is 0.0850 e. The topological polar surface area (TPSA) is 41.3 Å². The van der Waals surface area contributed by atoms with Crippen molar-refractivity contribution in [2.75, 3.05) is 19.6 Å². The third kappa shape index (κ3) is 3.99. The molecule has 2 heterocycles. The van der Waals surface area contributed by atoms with Gasteiger partial charge in [0.25, 0.3) is 0 Å². The van der Waals surface area contributed by atoms with E-state index in [1.807, 2.05) is 11.7 Å². The summed E-state index contributed by atoms with van der Waals surface area (Å²) >= 11 is 6.43. The zero-order chi connectivity index (χ0) is 15.5. The van der Waals surface area contributed by atoms with E-state index in [1.54, 1.807) is 0 Å².